The van der Waals surface area contributed by atoms with Crippen LogP contribution in [-0.4, -0.2) is 71.2 Å². The summed E-state index contributed by atoms with van der Waals surface area (Å²) in [4.78, 5) is 17.4. The summed E-state index contributed by atoms with van der Waals surface area (Å²) in [7, 11) is 0. The Morgan fingerprint density at radius 3 is 2.61 bits per heavy atom. The van der Waals surface area contributed by atoms with Crippen molar-refractivity contribution in [1.29, 1.82) is 0 Å². The molecule has 1 aliphatic rings. The van der Waals surface area contributed by atoms with Gasteiger partial charge in [-0.1, -0.05) is 6.08 Å². The van der Waals surface area contributed by atoms with E-state index in [-0.39, 0.29) is 26.2 Å². The highest BCUT2D eigenvalue weighted by Gasteiger charge is 2.49. The van der Waals surface area contributed by atoms with Crippen molar-refractivity contribution in [3.8, 4) is 5.75 Å². The third kappa shape index (κ3) is 4.89. The second-order valence-electron chi connectivity index (χ2n) is 6.58. The maximum absolute atomic E-state index is 12.9. The number of hydrogen-bond donors (Lipinski definition) is 4. The lowest BCUT2D eigenvalue weighted by Crippen LogP contribution is -2.54. The molecule has 8 heteroatoms. The van der Waals surface area contributed by atoms with Crippen LogP contribution in [0.2, 0.25) is 0 Å². The summed E-state index contributed by atoms with van der Waals surface area (Å²) in [5, 5.41) is 29.9. The van der Waals surface area contributed by atoms with Crippen LogP contribution in [0.5, 0.6) is 5.75 Å². The van der Waals surface area contributed by atoms with E-state index in [4.69, 9.17) is 14.6 Å². The molecule has 1 aliphatic heterocycles. The monoisotopic (exact) mass is 392 g/mol. The Bertz CT molecular complexity index is 686. The molecule has 0 spiro atoms. The molecule has 28 heavy (non-hydrogen) atoms. The highest BCUT2D eigenvalue weighted by atomic mass is 16.5. The van der Waals surface area contributed by atoms with E-state index in [2.05, 4.69) is 16.9 Å². The lowest BCUT2D eigenvalue weighted by molar-refractivity contribution is -0.129. The minimum atomic E-state index is -1.23. The van der Waals surface area contributed by atoms with E-state index in [0.29, 0.717) is 30.2 Å². The Labute approximate surface area is 164 Å². The molecule has 0 saturated carbocycles. The minimum absolute atomic E-state index is 0.0709. The van der Waals surface area contributed by atoms with E-state index in [1.54, 1.807) is 37.3 Å². The summed E-state index contributed by atoms with van der Waals surface area (Å²) in [5.74, 6) is 0.551. The van der Waals surface area contributed by atoms with Gasteiger partial charge in [-0.3, -0.25) is 4.79 Å². The van der Waals surface area contributed by atoms with Crippen LogP contribution in [0.25, 0.3) is 0 Å². The van der Waals surface area contributed by atoms with Crippen LogP contribution in [0.4, 0.5) is 0 Å². The molecule has 0 saturated heterocycles. The van der Waals surface area contributed by atoms with Gasteiger partial charge in [0, 0.05) is 25.0 Å². The van der Waals surface area contributed by atoms with Gasteiger partial charge in [0.25, 0.3) is 5.91 Å². The third-order valence-corrected chi connectivity index (χ3v) is 4.56. The predicted octanol–water partition coefficient (Wildman–Crippen LogP) is 0.397. The standard InChI is InChI=1S/C20H28N2O6/c1-3-9-20(19(26)21-16(12-24)13-25)14(2)28-18(22-20)15-5-7-17(8-6-15)27-11-4-10-23/h3,5-8,14,16,23-25H,1,4,9-13H2,2H3,(H,21,26)/t14-,20-/m1/s1. The number of amides is 1. The van der Waals surface area contributed by atoms with Crippen molar-refractivity contribution in [2.75, 3.05) is 26.4 Å². The van der Waals surface area contributed by atoms with Gasteiger partial charge in [-0.25, -0.2) is 4.99 Å². The Hall–Kier alpha value is -2.42. The first-order valence-corrected chi connectivity index (χ1v) is 9.25. The second-order valence-corrected chi connectivity index (χ2v) is 6.58. The lowest BCUT2D eigenvalue weighted by Gasteiger charge is -2.28. The van der Waals surface area contributed by atoms with Crippen molar-refractivity contribution < 1.29 is 29.6 Å². The molecule has 0 aromatic heterocycles. The number of carbonyl (C=O) groups is 1. The average molecular weight is 392 g/mol. The molecule has 8 nitrogen and oxygen atoms in total. The molecule has 0 unspecified atom stereocenters. The van der Waals surface area contributed by atoms with E-state index < -0.39 is 23.6 Å². The van der Waals surface area contributed by atoms with Gasteiger partial charge < -0.3 is 30.1 Å². The van der Waals surface area contributed by atoms with Crippen LogP contribution in [-0.2, 0) is 9.53 Å². The molecule has 1 amide bonds. The zero-order valence-electron chi connectivity index (χ0n) is 16.0. The molecule has 1 aromatic carbocycles. The maximum Gasteiger partial charge on any atom is 0.252 e. The quantitative estimate of drug-likeness (QED) is 0.320. The molecule has 1 heterocycles. The first-order chi connectivity index (χ1) is 13.5. The summed E-state index contributed by atoms with van der Waals surface area (Å²) in [6, 6.07) is 6.34. The molecule has 0 bridgehead atoms. The summed E-state index contributed by atoms with van der Waals surface area (Å²) >= 11 is 0. The first-order valence-electron chi connectivity index (χ1n) is 9.25. The van der Waals surface area contributed by atoms with Gasteiger partial charge >= 0.3 is 0 Å². The fourth-order valence-electron chi connectivity index (χ4n) is 2.86. The van der Waals surface area contributed by atoms with Gasteiger partial charge in [0.15, 0.2) is 5.54 Å². The Morgan fingerprint density at radius 2 is 2.04 bits per heavy atom. The summed E-state index contributed by atoms with van der Waals surface area (Å²) in [6.45, 7) is 5.19. The predicted molar refractivity (Wildman–Crippen MR) is 104 cm³/mol. The van der Waals surface area contributed by atoms with E-state index in [0.717, 1.165) is 0 Å². The van der Waals surface area contributed by atoms with Crippen LogP contribution in [0.3, 0.4) is 0 Å². The molecule has 0 radical (unpaired) electrons. The highest BCUT2D eigenvalue weighted by molar-refractivity contribution is 6.00. The number of aliphatic imine (C=N–C) groups is 1. The van der Waals surface area contributed by atoms with Crippen molar-refractivity contribution in [1.82, 2.24) is 5.32 Å². The van der Waals surface area contributed by atoms with Crippen molar-refractivity contribution in [2.24, 2.45) is 4.99 Å². The normalized spacial score (nSPS) is 21.2. The van der Waals surface area contributed by atoms with E-state index in [1.807, 2.05) is 0 Å². The van der Waals surface area contributed by atoms with E-state index in [9.17, 15) is 15.0 Å². The highest BCUT2D eigenvalue weighted by Crippen LogP contribution is 2.32. The number of aliphatic hydroxyl groups is 3. The molecular weight excluding hydrogens is 364 g/mol. The van der Waals surface area contributed by atoms with Crippen molar-refractivity contribution >= 4 is 11.8 Å². The molecule has 0 aliphatic carbocycles. The molecule has 1 aromatic rings. The molecule has 4 N–H and O–H groups in total. The number of hydrogen-bond acceptors (Lipinski definition) is 7. The number of nitrogens with one attached hydrogen (secondary N) is 1. The largest absolute Gasteiger partial charge is 0.494 e. The van der Waals surface area contributed by atoms with Crippen LogP contribution in [0.1, 0.15) is 25.3 Å². The SMILES string of the molecule is C=CC[C@@]1(C(=O)NC(CO)CO)N=C(c2ccc(OCCCO)cc2)O[C@@H]1C. The van der Waals surface area contributed by atoms with Crippen LogP contribution in [0, 0.1) is 0 Å². The van der Waals surface area contributed by atoms with Crippen LogP contribution in [0.15, 0.2) is 41.9 Å². The number of benzene rings is 1. The zero-order chi connectivity index (χ0) is 20.6. The number of nitrogens with zero attached hydrogens (tertiary/aromatic N) is 1. The topological polar surface area (TPSA) is 121 Å². The smallest absolute Gasteiger partial charge is 0.252 e. The lowest BCUT2D eigenvalue weighted by atomic mass is 9.89. The fourth-order valence-corrected chi connectivity index (χ4v) is 2.86. The average Bonchev–Trinajstić information content (AvgIpc) is 3.04. The van der Waals surface area contributed by atoms with E-state index >= 15 is 0 Å². The molecule has 0 fully saturated rings. The van der Waals surface area contributed by atoms with Crippen molar-refractivity contribution in [2.45, 2.75) is 37.5 Å². The van der Waals surface area contributed by atoms with Gasteiger partial charge in [-0.05, 0) is 31.2 Å². The van der Waals surface area contributed by atoms with E-state index in [1.165, 1.54) is 0 Å². The van der Waals surface area contributed by atoms with Crippen molar-refractivity contribution in [3.63, 3.8) is 0 Å². The van der Waals surface area contributed by atoms with Crippen LogP contribution >= 0.6 is 0 Å². The van der Waals surface area contributed by atoms with Gasteiger partial charge in [-0.2, -0.15) is 0 Å². The van der Waals surface area contributed by atoms with Gasteiger partial charge in [0.05, 0.1) is 25.9 Å². The van der Waals surface area contributed by atoms with Crippen LogP contribution < -0.4 is 10.1 Å². The summed E-state index contributed by atoms with van der Waals surface area (Å²) in [6.07, 6.45) is 1.84. The van der Waals surface area contributed by atoms with Gasteiger partial charge in [0.2, 0.25) is 5.90 Å². The van der Waals surface area contributed by atoms with Crippen molar-refractivity contribution in [3.05, 3.63) is 42.5 Å². The molecule has 2 rings (SSSR count). The molecule has 2 atom stereocenters. The summed E-state index contributed by atoms with van der Waals surface area (Å²) in [5.41, 5.74) is -0.531. The fraction of sp³-hybridized carbons (Fsp3) is 0.500. The number of ether oxygens (including phenoxy) is 2. The third-order valence-electron chi connectivity index (χ3n) is 4.56. The summed E-state index contributed by atoms with van der Waals surface area (Å²) < 4.78 is 11.4. The Kier molecular flexibility index (Phi) is 7.98. The minimum Gasteiger partial charge on any atom is -0.494 e. The zero-order valence-corrected chi connectivity index (χ0v) is 16.0. The first kappa shape index (κ1) is 21.9. The molecule has 154 valence electrons. The van der Waals surface area contributed by atoms with Gasteiger partial charge in [-0.15, -0.1) is 6.58 Å². The Balaban J connectivity index is 2.22. The number of aliphatic hydroxyl groups excluding tert-OH is 3. The number of rotatable bonds is 11. The number of carbonyl (C=O) groups excluding carboxylic acids is 1. The van der Waals surface area contributed by atoms with Gasteiger partial charge in [0.1, 0.15) is 11.9 Å². The molecular formula is C20H28N2O6. The second kappa shape index (κ2) is 10.2. The maximum atomic E-state index is 12.9. The Morgan fingerprint density at radius 1 is 1.36 bits per heavy atom.